The molecule has 1 aromatic carbocycles. The molecule has 0 bridgehead atoms. The van der Waals surface area contributed by atoms with Crippen molar-refractivity contribution in [1.29, 1.82) is 0 Å². The van der Waals surface area contributed by atoms with Crippen molar-refractivity contribution in [2.45, 2.75) is 32.4 Å². The molecule has 1 N–H and O–H groups in total. The average Bonchev–Trinajstić information content (AvgIpc) is 2.88. The van der Waals surface area contributed by atoms with Gasteiger partial charge in [0.05, 0.1) is 11.0 Å². The lowest BCUT2D eigenvalue weighted by Crippen LogP contribution is -2.27. The first-order valence-electron chi connectivity index (χ1n) is 6.10. The normalized spacial score (nSPS) is 20.2. The molecule has 2 heterocycles. The first-order valence-corrected chi connectivity index (χ1v) is 6.89. The van der Waals surface area contributed by atoms with Crippen molar-refractivity contribution in [1.82, 2.24) is 14.9 Å². The van der Waals surface area contributed by atoms with Crippen molar-refractivity contribution < 1.29 is 0 Å². The summed E-state index contributed by atoms with van der Waals surface area (Å²) in [5, 5.41) is 3.54. The summed E-state index contributed by atoms with van der Waals surface area (Å²) in [4.78, 5) is 4.62. The van der Waals surface area contributed by atoms with E-state index in [0.717, 1.165) is 28.9 Å². The van der Waals surface area contributed by atoms with Crippen molar-refractivity contribution in [2.75, 3.05) is 6.54 Å². The second-order valence-electron chi connectivity index (χ2n) is 4.70. The average molecular weight is 294 g/mol. The zero-order valence-corrected chi connectivity index (χ0v) is 11.5. The number of benzene rings is 1. The molecule has 1 atom stereocenters. The lowest BCUT2D eigenvalue weighted by Gasteiger charge is -2.13. The zero-order valence-electron chi connectivity index (χ0n) is 9.91. The molecule has 0 amide bonds. The van der Waals surface area contributed by atoms with E-state index in [4.69, 9.17) is 0 Å². The van der Waals surface area contributed by atoms with Crippen LogP contribution in [0.2, 0.25) is 0 Å². The van der Waals surface area contributed by atoms with E-state index in [1.807, 2.05) is 0 Å². The third kappa shape index (κ3) is 2.11. The minimum atomic E-state index is 0.606. The molecule has 1 saturated heterocycles. The summed E-state index contributed by atoms with van der Waals surface area (Å²) < 4.78 is 3.42. The van der Waals surface area contributed by atoms with Crippen LogP contribution in [0.3, 0.4) is 0 Å². The second-order valence-corrected chi connectivity index (χ2v) is 5.61. The van der Waals surface area contributed by atoms with Gasteiger partial charge in [0.2, 0.25) is 0 Å². The van der Waals surface area contributed by atoms with E-state index < -0.39 is 0 Å². The van der Waals surface area contributed by atoms with E-state index in [9.17, 15) is 0 Å². The molecule has 1 aliphatic rings. The molecule has 3 rings (SSSR count). The van der Waals surface area contributed by atoms with Gasteiger partial charge < -0.3 is 9.88 Å². The molecule has 1 aliphatic heterocycles. The Morgan fingerprint density at radius 2 is 2.41 bits per heavy atom. The molecule has 2 aromatic rings. The molecular formula is C13H16BrN3. The highest BCUT2D eigenvalue weighted by atomic mass is 79.9. The van der Waals surface area contributed by atoms with Crippen LogP contribution in [0.25, 0.3) is 11.0 Å². The Balaban J connectivity index is 1.99. The summed E-state index contributed by atoms with van der Waals surface area (Å²) in [7, 11) is 0. The number of halogens is 1. The van der Waals surface area contributed by atoms with Crippen LogP contribution in [-0.4, -0.2) is 22.1 Å². The van der Waals surface area contributed by atoms with E-state index in [1.165, 1.54) is 18.4 Å². The van der Waals surface area contributed by atoms with E-state index >= 15 is 0 Å². The van der Waals surface area contributed by atoms with E-state index in [2.05, 4.69) is 55.9 Å². The van der Waals surface area contributed by atoms with Crippen LogP contribution in [0.1, 0.15) is 18.7 Å². The number of hydrogen-bond acceptors (Lipinski definition) is 2. The predicted octanol–water partition coefficient (Wildman–Crippen LogP) is 2.86. The largest absolute Gasteiger partial charge is 0.327 e. The Bertz CT molecular complexity index is 541. The van der Waals surface area contributed by atoms with Crippen LogP contribution in [0.5, 0.6) is 0 Å². The van der Waals surface area contributed by atoms with Crippen molar-refractivity contribution in [2.24, 2.45) is 0 Å². The number of imidazole rings is 1. The summed E-state index contributed by atoms with van der Waals surface area (Å²) in [5.74, 6) is 1.10. The minimum Gasteiger partial charge on any atom is -0.327 e. The van der Waals surface area contributed by atoms with Gasteiger partial charge in [-0.05, 0) is 44.5 Å². The van der Waals surface area contributed by atoms with Crippen LogP contribution >= 0.6 is 15.9 Å². The maximum absolute atomic E-state index is 4.62. The Morgan fingerprint density at radius 1 is 1.53 bits per heavy atom. The lowest BCUT2D eigenvalue weighted by molar-refractivity contribution is 0.510. The van der Waals surface area contributed by atoms with Gasteiger partial charge in [-0.2, -0.15) is 0 Å². The SMILES string of the molecule is Cc1nc2cc(Br)ccc2n1CC1CCCN1. The standard InChI is InChI=1S/C13H16BrN3/c1-9-16-12-7-10(14)4-5-13(12)17(9)8-11-3-2-6-15-11/h4-5,7,11,15H,2-3,6,8H2,1H3. The molecule has 0 saturated carbocycles. The first-order chi connectivity index (χ1) is 8.24. The number of nitrogens with zero attached hydrogens (tertiary/aromatic N) is 2. The van der Waals surface area contributed by atoms with E-state index in [-0.39, 0.29) is 0 Å². The highest BCUT2D eigenvalue weighted by Gasteiger charge is 2.17. The van der Waals surface area contributed by atoms with Crippen molar-refractivity contribution >= 4 is 27.0 Å². The molecule has 1 fully saturated rings. The van der Waals surface area contributed by atoms with Crippen LogP contribution in [-0.2, 0) is 6.54 Å². The molecule has 17 heavy (non-hydrogen) atoms. The third-order valence-corrected chi connectivity index (χ3v) is 3.96. The smallest absolute Gasteiger partial charge is 0.106 e. The van der Waals surface area contributed by atoms with Gasteiger partial charge in [0, 0.05) is 17.1 Å². The Kier molecular flexibility index (Phi) is 2.92. The van der Waals surface area contributed by atoms with Crippen molar-refractivity contribution in [3.8, 4) is 0 Å². The molecule has 4 heteroatoms. The van der Waals surface area contributed by atoms with Crippen LogP contribution < -0.4 is 5.32 Å². The number of rotatable bonds is 2. The minimum absolute atomic E-state index is 0.606. The quantitative estimate of drug-likeness (QED) is 0.923. The first kappa shape index (κ1) is 11.2. The van der Waals surface area contributed by atoms with Gasteiger partial charge in [-0.25, -0.2) is 4.98 Å². The van der Waals surface area contributed by atoms with Gasteiger partial charge in [0.1, 0.15) is 5.82 Å². The molecule has 0 aliphatic carbocycles. The summed E-state index contributed by atoms with van der Waals surface area (Å²) in [6.45, 7) is 4.27. The Morgan fingerprint density at radius 3 is 3.18 bits per heavy atom. The zero-order chi connectivity index (χ0) is 11.8. The maximum Gasteiger partial charge on any atom is 0.106 e. The number of aryl methyl sites for hydroxylation is 1. The number of fused-ring (bicyclic) bond motifs is 1. The monoisotopic (exact) mass is 293 g/mol. The number of aromatic nitrogens is 2. The molecule has 3 nitrogen and oxygen atoms in total. The fraction of sp³-hybridized carbons (Fsp3) is 0.462. The summed E-state index contributed by atoms with van der Waals surface area (Å²) in [5.41, 5.74) is 2.31. The van der Waals surface area contributed by atoms with Gasteiger partial charge in [-0.3, -0.25) is 0 Å². The molecule has 0 radical (unpaired) electrons. The van der Waals surface area contributed by atoms with Crippen molar-refractivity contribution in [3.05, 3.63) is 28.5 Å². The fourth-order valence-corrected chi connectivity index (χ4v) is 2.94. The number of nitrogens with one attached hydrogen (secondary N) is 1. The van der Waals surface area contributed by atoms with E-state index in [0.29, 0.717) is 6.04 Å². The van der Waals surface area contributed by atoms with Crippen LogP contribution in [0, 0.1) is 6.92 Å². The van der Waals surface area contributed by atoms with Crippen LogP contribution in [0.15, 0.2) is 22.7 Å². The maximum atomic E-state index is 4.62. The molecule has 90 valence electrons. The number of hydrogen-bond donors (Lipinski definition) is 1. The van der Waals surface area contributed by atoms with Gasteiger partial charge in [0.25, 0.3) is 0 Å². The van der Waals surface area contributed by atoms with E-state index in [1.54, 1.807) is 0 Å². The Labute approximate surface area is 109 Å². The van der Waals surface area contributed by atoms with Gasteiger partial charge in [-0.1, -0.05) is 15.9 Å². The van der Waals surface area contributed by atoms with Gasteiger partial charge in [-0.15, -0.1) is 0 Å². The fourth-order valence-electron chi connectivity index (χ4n) is 2.59. The summed E-state index contributed by atoms with van der Waals surface area (Å²) >= 11 is 3.49. The second kappa shape index (κ2) is 4.42. The summed E-state index contributed by atoms with van der Waals surface area (Å²) in [6.07, 6.45) is 2.57. The Hall–Kier alpha value is -0.870. The van der Waals surface area contributed by atoms with Gasteiger partial charge in [0.15, 0.2) is 0 Å². The highest BCUT2D eigenvalue weighted by molar-refractivity contribution is 9.10. The third-order valence-electron chi connectivity index (χ3n) is 3.47. The van der Waals surface area contributed by atoms with Crippen LogP contribution in [0.4, 0.5) is 0 Å². The molecule has 0 spiro atoms. The molecular weight excluding hydrogens is 278 g/mol. The predicted molar refractivity (Wildman–Crippen MR) is 73.2 cm³/mol. The summed E-state index contributed by atoms with van der Waals surface area (Å²) in [6, 6.07) is 6.92. The molecule has 1 aromatic heterocycles. The lowest BCUT2D eigenvalue weighted by atomic mass is 10.2. The topological polar surface area (TPSA) is 29.9 Å². The highest BCUT2D eigenvalue weighted by Crippen LogP contribution is 2.22. The molecule has 1 unspecified atom stereocenters. The van der Waals surface area contributed by atoms with Gasteiger partial charge >= 0.3 is 0 Å². The van der Waals surface area contributed by atoms with Crippen molar-refractivity contribution in [3.63, 3.8) is 0 Å².